The van der Waals surface area contributed by atoms with Crippen molar-refractivity contribution in [3.63, 3.8) is 0 Å². The zero-order valence-electron chi connectivity index (χ0n) is 11.2. The second-order valence-corrected chi connectivity index (χ2v) is 6.63. The number of aryl methyl sites for hydroxylation is 1. The molecular weight excluding hydrogens is 316 g/mol. The van der Waals surface area contributed by atoms with Gasteiger partial charge in [0.2, 0.25) is 0 Å². The van der Waals surface area contributed by atoms with Crippen LogP contribution in [0.1, 0.15) is 5.56 Å². The van der Waals surface area contributed by atoms with Crippen molar-refractivity contribution in [2.24, 2.45) is 0 Å². The first kappa shape index (κ1) is 15.2. The molecule has 0 aliphatic heterocycles. The van der Waals surface area contributed by atoms with Gasteiger partial charge in [-0.15, -0.1) is 11.3 Å². The minimum Gasteiger partial charge on any atom is -0.383 e. The number of nitro benzene ring substituents is 1. The van der Waals surface area contributed by atoms with Gasteiger partial charge in [-0.1, -0.05) is 0 Å². The summed E-state index contributed by atoms with van der Waals surface area (Å²) in [6.45, 7) is 1.57. The second kappa shape index (κ2) is 5.66. The molecule has 0 saturated carbocycles. The topological polar surface area (TPSA) is 114 Å². The van der Waals surface area contributed by atoms with Gasteiger partial charge in [0, 0.05) is 24.7 Å². The summed E-state index contributed by atoms with van der Waals surface area (Å²) < 4.78 is 26.9. The molecule has 10 heteroatoms. The van der Waals surface area contributed by atoms with E-state index in [1.165, 1.54) is 19.3 Å². The summed E-state index contributed by atoms with van der Waals surface area (Å²) in [5.41, 5.74) is 0.349. The van der Waals surface area contributed by atoms with Crippen molar-refractivity contribution in [2.45, 2.75) is 11.8 Å². The van der Waals surface area contributed by atoms with E-state index in [1.54, 1.807) is 12.3 Å². The van der Waals surface area contributed by atoms with Crippen LogP contribution < -0.4 is 10.0 Å². The lowest BCUT2D eigenvalue weighted by atomic mass is 10.2. The molecule has 0 amide bonds. The fraction of sp³-hybridized carbons (Fsp3) is 0.182. The van der Waals surface area contributed by atoms with E-state index in [1.807, 2.05) is 0 Å². The lowest BCUT2D eigenvalue weighted by Crippen LogP contribution is -2.15. The fourth-order valence-corrected chi connectivity index (χ4v) is 3.80. The van der Waals surface area contributed by atoms with Gasteiger partial charge >= 0.3 is 0 Å². The van der Waals surface area contributed by atoms with E-state index < -0.39 is 14.9 Å². The smallest absolute Gasteiger partial charge is 0.293 e. The Morgan fingerprint density at radius 3 is 2.62 bits per heavy atom. The molecule has 2 aromatic rings. The highest BCUT2D eigenvalue weighted by atomic mass is 32.2. The van der Waals surface area contributed by atoms with Crippen LogP contribution in [0, 0.1) is 17.0 Å². The summed E-state index contributed by atoms with van der Waals surface area (Å²) in [7, 11) is -2.40. The zero-order valence-corrected chi connectivity index (χ0v) is 12.8. The Bertz CT molecular complexity index is 772. The van der Waals surface area contributed by atoms with Crippen molar-refractivity contribution in [1.29, 1.82) is 0 Å². The predicted octanol–water partition coefficient (Wildman–Crippen LogP) is 2.20. The lowest BCUT2D eigenvalue weighted by Gasteiger charge is -2.10. The van der Waals surface area contributed by atoms with Gasteiger partial charge in [0.05, 0.1) is 9.82 Å². The van der Waals surface area contributed by atoms with E-state index in [9.17, 15) is 18.5 Å². The van der Waals surface area contributed by atoms with E-state index in [4.69, 9.17) is 0 Å². The van der Waals surface area contributed by atoms with E-state index in [0.717, 1.165) is 17.4 Å². The highest BCUT2D eigenvalue weighted by Crippen LogP contribution is 2.31. The van der Waals surface area contributed by atoms with Gasteiger partial charge in [-0.25, -0.2) is 13.4 Å². The molecule has 0 saturated heterocycles. The molecule has 2 N–H and O–H groups in total. The van der Waals surface area contributed by atoms with Crippen molar-refractivity contribution >= 4 is 37.9 Å². The summed E-state index contributed by atoms with van der Waals surface area (Å²) in [6, 6.07) is 2.46. The van der Waals surface area contributed by atoms with Crippen molar-refractivity contribution in [3.8, 4) is 0 Å². The Labute approximate surface area is 125 Å². The SMILES string of the molecule is CNc1cc(C)c(S(=O)(=O)Nc2nccs2)cc1[N+](=O)[O-]. The molecule has 8 nitrogen and oxygen atoms in total. The van der Waals surface area contributed by atoms with E-state index in [2.05, 4.69) is 15.0 Å². The molecule has 21 heavy (non-hydrogen) atoms. The third kappa shape index (κ3) is 3.11. The van der Waals surface area contributed by atoms with Crippen LogP contribution in [0.2, 0.25) is 0 Å². The van der Waals surface area contributed by atoms with Gasteiger partial charge in [-0.3, -0.25) is 14.8 Å². The molecule has 1 aromatic heterocycles. The number of benzene rings is 1. The summed E-state index contributed by atoms with van der Waals surface area (Å²) in [5.74, 6) is 0. The molecule has 1 heterocycles. The summed E-state index contributed by atoms with van der Waals surface area (Å²) in [4.78, 5) is 14.1. The first-order valence-corrected chi connectivity index (χ1v) is 8.10. The normalized spacial score (nSPS) is 11.1. The number of anilines is 2. The summed E-state index contributed by atoms with van der Waals surface area (Å²) in [6.07, 6.45) is 1.46. The summed E-state index contributed by atoms with van der Waals surface area (Å²) in [5, 5.41) is 15.5. The molecule has 0 bridgehead atoms. The fourth-order valence-electron chi connectivity index (χ4n) is 1.76. The number of rotatable bonds is 5. The molecule has 0 aliphatic rings. The monoisotopic (exact) mass is 328 g/mol. The molecule has 112 valence electrons. The minimum atomic E-state index is -3.93. The molecule has 0 radical (unpaired) electrons. The maximum absolute atomic E-state index is 12.3. The van der Waals surface area contributed by atoms with Gasteiger partial charge in [0.15, 0.2) is 5.13 Å². The van der Waals surface area contributed by atoms with Gasteiger partial charge in [-0.05, 0) is 18.6 Å². The van der Waals surface area contributed by atoms with E-state index >= 15 is 0 Å². The Morgan fingerprint density at radius 2 is 2.10 bits per heavy atom. The third-order valence-electron chi connectivity index (χ3n) is 2.70. The number of nitrogens with zero attached hydrogens (tertiary/aromatic N) is 2. The van der Waals surface area contributed by atoms with Crippen molar-refractivity contribution in [2.75, 3.05) is 17.1 Å². The average Bonchev–Trinajstić information content (AvgIpc) is 2.89. The standard InChI is InChI=1S/C11H12N4O4S2/c1-7-5-8(12-2)9(15(16)17)6-10(7)21(18,19)14-11-13-3-4-20-11/h3-6,12H,1-2H3,(H,13,14). The van der Waals surface area contributed by atoms with Crippen LogP contribution in [-0.2, 0) is 10.0 Å². The van der Waals surface area contributed by atoms with Gasteiger partial charge in [0.25, 0.3) is 15.7 Å². The maximum Gasteiger partial charge on any atom is 0.293 e. The van der Waals surface area contributed by atoms with Crippen molar-refractivity contribution in [3.05, 3.63) is 39.4 Å². The number of hydrogen-bond acceptors (Lipinski definition) is 7. The van der Waals surface area contributed by atoms with Crippen LogP contribution >= 0.6 is 11.3 Å². The zero-order chi connectivity index (χ0) is 15.6. The molecule has 0 atom stereocenters. The van der Waals surface area contributed by atoms with Crippen molar-refractivity contribution in [1.82, 2.24) is 4.98 Å². The predicted molar refractivity (Wildman–Crippen MR) is 80.3 cm³/mol. The third-order valence-corrected chi connectivity index (χ3v) is 5.00. The minimum absolute atomic E-state index is 0.150. The molecule has 0 unspecified atom stereocenters. The number of aromatic nitrogens is 1. The second-order valence-electron chi connectivity index (χ2n) is 4.08. The summed E-state index contributed by atoms with van der Waals surface area (Å²) >= 11 is 1.12. The molecular formula is C11H12N4O4S2. The van der Waals surface area contributed by atoms with Crippen LogP contribution in [0.5, 0.6) is 0 Å². The largest absolute Gasteiger partial charge is 0.383 e. The average molecular weight is 328 g/mol. The molecule has 0 fully saturated rings. The van der Waals surface area contributed by atoms with Crippen molar-refractivity contribution < 1.29 is 13.3 Å². The molecule has 0 aliphatic carbocycles. The Hall–Kier alpha value is -2.20. The number of thiazole rings is 1. The van der Waals surface area contributed by atoms with Crippen LogP contribution in [-0.4, -0.2) is 25.4 Å². The molecule has 1 aromatic carbocycles. The Balaban J connectivity index is 2.52. The molecule has 0 spiro atoms. The highest BCUT2D eigenvalue weighted by Gasteiger charge is 2.24. The van der Waals surface area contributed by atoms with Gasteiger partial charge < -0.3 is 5.32 Å². The Morgan fingerprint density at radius 1 is 1.38 bits per heavy atom. The first-order valence-electron chi connectivity index (χ1n) is 5.74. The van der Waals surface area contributed by atoms with Gasteiger partial charge in [-0.2, -0.15) is 0 Å². The Kier molecular flexibility index (Phi) is 4.09. The van der Waals surface area contributed by atoms with Crippen LogP contribution in [0.3, 0.4) is 0 Å². The molecule has 2 rings (SSSR count). The van der Waals surface area contributed by atoms with Gasteiger partial charge in [0.1, 0.15) is 5.69 Å². The number of sulfonamides is 1. The first-order chi connectivity index (χ1) is 9.85. The number of nitro groups is 1. The van der Waals surface area contributed by atoms with Crippen LogP contribution in [0.25, 0.3) is 0 Å². The quantitative estimate of drug-likeness (QED) is 0.642. The van der Waals surface area contributed by atoms with Crippen LogP contribution in [0.4, 0.5) is 16.5 Å². The maximum atomic E-state index is 12.3. The lowest BCUT2D eigenvalue weighted by molar-refractivity contribution is -0.384. The van der Waals surface area contributed by atoms with E-state index in [-0.39, 0.29) is 21.4 Å². The van der Waals surface area contributed by atoms with E-state index in [0.29, 0.717) is 5.56 Å². The highest BCUT2D eigenvalue weighted by molar-refractivity contribution is 7.93. The van der Waals surface area contributed by atoms with Crippen LogP contribution in [0.15, 0.2) is 28.6 Å². The number of nitrogens with one attached hydrogen (secondary N) is 2. The number of hydrogen-bond donors (Lipinski definition) is 2.